The van der Waals surface area contributed by atoms with Gasteiger partial charge in [-0.2, -0.15) is 0 Å². The average Bonchev–Trinajstić information content (AvgIpc) is 3.29. The Morgan fingerprint density at radius 3 is 2.68 bits per heavy atom. The van der Waals surface area contributed by atoms with Gasteiger partial charge in [-0.05, 0) is 50.3 Å². The second-order valence-corrected chi connectivity index (χ2v) is 6.83. The van der Waals surface area contributed by atoms with Crippen LogP contribution >= 0.6 is 12.4 Å². The van der Waals surface area contributed by atoms with E-state index in [1.54, 1.807) is 14.2 Å². The minimum absolute atomic E-state index is 0. The van der Waals surface area contributed by atoms with Crippen molar-refractivity contribution in [3.63, 3.8) is 0 Å². The average molecular weight is 369 g/mol. The van der Waals surface area contributed by atoms with Crippen molar-refractivity contribution in [2.24, 2.45) is 17.6 Å². The molecule has 1 saturated carbocycles. The number of amides is 1. The Hall–Kier alpha value is -1.46. The van der Waals surface area contributed by atoms with Gasteiger partial charge in [0.25, 0.3) is 0 Å². The van der Waals surface area contributed by atoms with E-state index in [-0.39, 0.29) is 30.3 Å². The first-order chi connectivity index (χ1) is 11.7. The zero-order valence-corrected chi connectivity index (χ0v) is 15.9. The van der Waals surface area contributed by atoms with E-state index in [0.29, 0.717) is 12.5 Å². The number of likely N-dealkylation sites (tertiary alicyclic amines) is 1. The van der Waals surface area contributed by atoms with E-state index in [1.165, 1.54) is 0 Å². The third-order valence-electron chi connectivity index (χ3n) is 5.61. The van der Waals surface area contributed by atoms with E-state index >= 15 is 0 Å². The van der Waals surface area contributed by atoms with Gasteiger partial charge in [-0.15, -0.1) is 12.4 Å². The minimum Gasteiger partial charge on any atom is -0.497 e. The monoisotopic (exact) mass is 368 g/mol. The molecule has 0 aromatic heterocycles. The quantitative estimate of drug-likeness (QED) is 0.867. The van der Waals surface area contributed by atoms with Crippen molar-refractivity contribution in [3.8, 4) is 11.5 Å². The third-order valence-corrected chi connectivity index (χ3v) is 5.61. The van der Waals surface area contributed by atoms with Gasteiger partial charge < -0.3 is 20.1 Å². The lowest BCUT2D eigenvalue weighted by molar-refractivity contribution is -0.137. The Balaban J connectivity index is 0.00000225. The van der Waals surface area contributed by atoms with Crippen LogP contribution in [-0.4, -0.2) is 38.1 Å². The number of methoxy groups -OCH3 is 2. The molecule has 0 bridgehead atoms. The maximum Gasteiger partial charge on any atom is 0.226 e. The lowest BCUT2D eigenvalue weighted by Crippen LogP contribution is -2.38. The summed E-state index contributed by atoms with van der Waals surface area (Å²) < 4.78 is 10.8. The summed E-state index contributed by atoms with van der Waals surface area (Å²) in [6.07, 6.45) is 5.18. The van der Waals surface area contributed by atoms with E-state index in [9.17, 15) is 4.79 Å². The Bertz CT molecular complexity index is 596. The zero-order chi connectivity index (χ0) is 17.1. The maximum absolute atomic E-state index is 13.1. The molecule has 1 amide bonds. The van der Waals surface area contributed by atoms with E-state index in [4.69, 9.17) is 15.2 Å². The van der Waals surface area contributed by atoms with E-state index in [2.05, 4.69) is 4.90 Å². The van der Waals surface area contributed by atoms with Crippen molar-refractivity contribution in [2.45, 2.75) is 38.1 Å². The number of ether oxygens (including phenoxy) is 2. The summed E-state index contributed by atoms with van der Waals surface area (Å²) in [5.41, 5.74) is 6.95. The fourth-order valence-electron chi connectivity index (χ4n) is 4.30. The molecule has 3 atom stereocenters. The normalized spacial score (nSPS) is 25.6. The first-order valence-corrected chi connectivity index (χ1v) is 8.92. The number of rotatable bonds is 5. The van der Waals surface area contributed by atoms with Crippen molar-refractivity contribution >= 4 is 18.3 Å². The van der Waals surface area contributed by atoms with Gasteiger partial charge >= 0.3 is 0 Å². The van der Waals surface area contributed by atoms with Crippen molar-refractivity contribution < 1.29 is 14.3 Å². The van der Waals surface area contributed by atoms with Crippen molar-refractivity contribution in [1.29, 1.82) is 0 Å². The molecular weight excluding hydrogens is 340 g/mol. The molecule has 2 aliphatic rings. The molecule has 1 unspecified atom stereocenters. The molecule has 3 rings (SSSR count). The molecule has 6 heteroatoms. The number of benzene rings is 1. The van der Waals surface area contributed by atoms with Crippen LogP contribution in [0.2, 0.25) is 0 Å². The number of carbonyl (C=O) groups is 1. The lowest BCUT2D eigenvalue weighted by Gasteiger charge is -2.30. The molecule has 1 aromatic rings. The van der Waals surface area contributed by atoms with Gasteiger partial charge in [0.2, 0.25) is 5.91 Å². The molecule has 1 aliphatic carbocycles. The summed E-state index contributed by atoms with van der Waals surface area (Å²) in [7, 11) is 3.31. The molecule has 0 spiro atoms. The highest BCUT2D eigenvalue weighted by atomic mass is 35.5. The molecule has 140 valence electrons. The first kappa shape index (κ1) is 19.9. The molecular formula is C19H29ClN2O3. The predicted octanol–water partition coefficient (Wildman–Crippen LogP) is 3.16. The van der Waals surface area contributed by atoms with Gasteiger partial charge in [-0.1, -0.05) is 6.42 Å². The zero-order valence-electron chi connectivity index (χ0n) is 15.1. The van der Waals surface area contributed by atoms with Gasteiger partial charge in [-0.3, -0.25) is 4.79 Å². The number of hydrogen-bond donors (Lipinski definition) is 1. The Morgan fingerprint density at radius 1 is 1.20 bits per heavy atom. The molecule has 1 aromatic carbocycles. The second-order valence-electron chi connectivity index (χ2n) is 6.83. The number of nitrogens with two attached hydrogens (primary N) is 1. The molecule has 2 fully saturated rings. The molecule has 2 N–H and O–H groups in total. The summed E-state index contributed by atoms with van der Waals surface area (Å²) in [6, 6.07) is 5.96. The van der Waals surface area contributed by atoms with Gasteiger partial charge in [0.1, 0.15) is 11.5 Å². The van der Waals surface area contributed by atoms with Gasteiger partial charge in [0.15, 0.2) is 0 Å². The Kier molecular flexibility index (Phi) is 6.96. The predicted molar refractivity (Wildman–Crippen MR) is 100 cm³/mol. The van der Waals surface area contributed by atoms with Crippen molar-refractivity contribution in [1.82, 2.24) is 4.90 Å². The molecule has 1 saturated heterocycles. The lowest BCUT2D eigenvalue weighted by atomic mass is 9.93. The van der Waals surface area contributed by atoms with Crippen LogP contribution in [0.15, 0.2) is 18.2 Å². The van der Waals surface area contributed by atoms with Gasteiger partial charge in [0, 0.05) is 24.1 Å². The van der Waals surface area contributed by atoms with Gasteiger partial charge in [-0.25, -0.2) is 0 Å². The van der Waals surface area contributed by atoms with E-state index in [0.717, 1.165) is 55.7 Å². The summed E-state index contributed by atoms with van der Waals surface area (Å²) in [4.78, 5) is 15.2. The van der Waals surface area contributed by atoms with Crippen LogP contribution in [0.25, 0.3) is 0 Å². The summed E-state index contributed by atoms with van der Waals surface area (Å²) in [5, 5.41) is 0. The molecule has 1 aliphatic heterocycles. The highest BCUT2D eigenvalue weighted by molar-refractivity contribution is 5.85. The fraction of sp³-hybridized carbons (Fsp3) is 0.632. The Morgan fingerprint density at radius 2 is 2.00 bits per heavy atom. The SMILES string of the molecule is COc1ccc(C2CCCN2C(=O)[C@@H]2CCC[C@@H]2CN)c(OC)c1.Cl. The maximum atomic E-state index is 13.1. The molecule has 25 heavy (non-hydrogen) atoms. The largest absolute Gasteiger partial charge is 0.497 e. The van der Waals surface area contributed by atoms with Crippen LogP contribution in [0, 0.1) is 11.8 Å². The van der Waals surface area contributed by atoms with Crippen LogP contribution in [0.5, 0.6) is 11.5 Å². The van der Waals surface area contributed by atoms with Gasteiger partial charge in [0.05, 0.1) is 20.3 Å². The highest BCUT2D eigenvalue weighted by Gasteiger charge is 2.39. The van der Waals surface area contributed by atoms with Crippen LogP contribution in [0.4, 0.5) is 0 Å². The Labute approximate surface area is 156 Å². The topological polar surface area (TPSA) is 64.8 Å². The van der Waals surface area contributed by atoms with Crippen LogP contribution in [-0.2, 0) is 4.79 Å². The standard InChI is InChI=1S/C19H28N2O3.ClH/c1-23-14-8-9-16(18(11-14)24-2)17-7-4-10-21(17)19(22)15-6-3-5-13(15)12-20;/h8-9,11,13,15,17H,3-7,10,12,20H2,1-2H3;1H/t13-,15-,17?;/m1./s1. The van der Waals surface area contributed by atoms with Crippen LogP contribution in [0.1, 0.15) is 43.7 Å². The second kappa shape index (κ2) is 8.77. The van der Waals surface area contributed by atoms with E-state index < -0.39 is 0 Å². The fourth-order valence-corrected chi connectivity index (χ4v) is 4.30. The summed E-state index contributed by atoms with van der Waals surface area (Å²) in [6.45, 7) is 1.44. The minimum atomic E-state index is 0. The van der Waals surface area contributed by atoms with Crippen LogP contribution in [0.3, 0.4) is 0 Å². The number of hydrogen-bond acceptors (Lipinski definition) is 4. The molecule has 1 heterocycles. The highest BCUT2D eigenvalue weighted by Crippen LogP contribution is 2.41. The smallest absolute Gasteiger partial charge is 0.226 e. The number of halogens is 1. The third kappa shape index (κ3) is 3.87. The van der Waals surface area contributed by atoms with Crippen molar-refractivity contribution in [2.75, 3.05) is 27.3 Å². The molecule has 5 nitrogen and oxygen atoms in total. The summed E-state index contributed by atoms with van der Waals surface area (Å²) >= 11 is 0. The number of nitrogens with zero attached hydrogens (tertiary/aromatic N) is 1. The van der Waals surface area contributed by atoms with Crippen molar-refractivity contribution in [3.05, 3.63) is 23.8 Å². The van der Waals surface area contributed by atoms with E-state index in [1.807, 2.05) is 18.2 Å². The molecule has 0 radical (unpaired) electrons. The summed E-state index contributed by atoms with van der Waals surface area (Å²) in [5.74, 6) is 2.28. The first-order valence-electron chi connectivity index (χ1n) is 8.92. The number of carbonyl (C=O) groups excluding carboxylic acids is 1. The van der Waals surface area contributed by atoms with Crippen LogP contribution < -0.4 is 15.2 Å².